The van der Waals surface area contributed by atoms with Gasteiger partial charge in [0.1, 0.15) is 17.9 Å². The number of piperidine rings is 1. The van der Waals surface area contributed by atoms with Crippen LogP contribution in [0.5, 0.6) is 11.5 Å². The van der Waals surface area contributed by atoms with Crippen molar-refractivity contribution in [2.45, 2.75) is 65.5 Å². The predicted octanol–water partition coefficient (Wildman–Crippen LogP) is 4.17. The Balaban J connectivity index is 1.02. The lowest BCUT2D eigenvalue weighted by Crippen LogP contribution is -2.60. The van der Waals surface area contributed by atoms with Gasteiger partial charge in [0.25, 0.3) is 16.1 Å². The molecule has 6 rings (SSSR count). The van der Waals surface area contributed by atoms with Gasteiger partial charge in [0.15, 0.2) is 11.6 Å². The van der Waals surface area contributed by atoms with Gasteiger partial charge in [0.05, 0.1) is 11.8 Å². The second-order valence-electron chi connectivity index (χ2n) is 15.2. The molecule has 0 N–H and O–H groups in total. The van der Waals surface area contributed by atoms with Gasteiger partial charge in [-0.05, 0) is 90.7 Å². The van der Waals surface area contributed by atoms with Crippen LogP contribution in [0.3, 0.4) is 0 Å². The number of benzene rings is 1. The van der Waals surface area contributed by atoms with Gasteiger partial charge in [0, 0.05) is 76.4 Å². The molecule has 4 aliphatic rings. The van der Waals surface area contributed by atoms with E-state index in [0.29, 0.717) is 63.7 Å². The van der Waals surface area contributed by atoms with Gasteiger partial charge in [0.2, 0.25) is 5.91 Å². The van der Waals surface area contributed by atoms with Crippen molar-refractivity contribution in [3.05, 3.63) is 66.4 Å². The first-order chi connectivity index (χ1) is 25.3. The maximum absolute atomic E-state index is 14.4. The molecule has 0 bridgehead atoms. The first-order valence-corrected chi connectivity index (χ1v) is 20.1. The van der Waals surface area contributed by atoms with Crippen molar-refractivity contribution in [2.24, 2.45) is 5.41 Å². The number of carbonyl (C=O) groups excluding carboxylic acids is 2. The molecule has 13 nitrogen and oxygen atoms in total. The van der Waals surface area contributed by atoms with Crippen LogP contribution in [0.15, 0.2) is 55.0 Å². The largest absolute Gasteiger partial charge is 0.451 e. The van der Waals surface area contributed by atoms with Crippen molar-refractivity contribution in [3.63, 3.8) is 0 Å². The summed E-state index contributed by atoms with van der Waals surface area (Å²) in [5.74, 6) is 0.355. The van der Waals surface area contributed by atoms with E-state index in [9.17, 15) is 22.4 Å². The van der Waals surface area contributed by atoms with E-state index in [-0.39, 0.29) is 40.6 Å². The molecule has 1 spiro atoms. The fourth-order valence-electron chi connectivity index (χ4n) is 8.09. The Hall–Kier alpha value is -3.92. The van der Waals surface area contributed by atoms with E-state index in [4.69, 9.17) is 4.74 Å². The van der Waals surface area contributed by atoms with E-state index < -0.39 is 16.0 Å². The van der Waals surface area contributed by atoms with Crippen LogP contribution < -0.4 is 9.64 Å². The first-order valence-electron chi connectivity index (χ1n) is 18.7. The Kier molecular flexibility index (Phi) is 11.9. The van der Waals surface area contributed by atoms with Crippen LogP contribution in [-0.2, 0) is 15.0 Å². The molecule has 0 atom stereocenters. The molecule has 0 saturated carbocycles. The number of hydrogen-bond donors (Lipinski definition) is 0. The number of rotatable bonds is 11. The minimum Gasteiger partial charge on any atom is -0.451 e. The SMILES string of the molecule is C=CC(=O)N1CCCN(S(=O)(=O)N2CC=C(CN3CCC4(CC3)CN(c3ncncc3Oc3ccc(F)cc3C(=O)N(C(C)C)C(C)C)C4)CC2)CC1. The smallest absolute Gasteiger partial charge is 0.282 e. The van der Waals surface area contributed by atoms with Crippen molar-refractivity contribution in [2.75, 3.05) is 76.9 Å². The number of halogens is 1. The van der Waals surface area contributed by atoms with E-state index in [1.54, 1.807) is 20.3 Å². The van der Waals surface area contributed by atoms with E-state index in [0.717, 1.165) is 45.6 Å². The number of carbonyl (C=O) groups is 2. The van der Waals surface area contributed by atoms with Crippen LogP contribution in [0.25, 0.3) is 0 Å². The number of likely N-dealkylation sites (tertiary alicyclic amines) is 1. The van der Waals surface area contributed by atoms with Gasteiger partial charge in [-0.3, -0.25) is 14.5 Å². The Labute approximate surface area is 313 Å². The van der Waals surface area contributed by atoms with Gasteiger partial charge in [-0.25, -0.2) is 14.4 Å². The summed E-state index contributed by atoms with van der Waals surface area (Å²) in [6, 6.07) is 3.85. The summed E-state index contributed by atoms with van der Waals surface area (Å²) in [6.45, 7) is 18.1. The fraction of sp³-hybridized carbons (Fsp3) is 0.579. The molecule has 15 heteroatoms. The third-order valence-electron chi connectivity index (χ3n) is 11.0. The molecule has 0 radical (unpaired) electrons. The van der Waals surface area contributed by atoms with Crippen LogP contribution in [0.4, 0.5) is 10.2 Å². The van der Waals surface area contributed by atoms with E-state index in [1.807, 2.05) is 27.7 Å². The molecule has 3 saturated heterocycles. The lowest BCUT2D eigenvalue weighted by molar-refractivity contribution is -0.125. The highest BCUT2D eigenvalue weighted by molar-refractivity contribution is 7.86. The van der Waals surface area contributed by atoms with Gasteiger partial charge in [-0.2, -0.15) is 17.0 Å². The number of amides is 2. The molecule has 1 aromatic heterocycles. The Morgan fingerprint density at radius 2 is 1.74 bits per heavy atom. The second-order valence-corrected chi connectivity index (χ2v) is 17.2. The number of ether oxygens (including phenoxy) is 1. The zero-order chi connectivity index (χ0) is 37.9. The van der Waals surface area contributed by atoms with E-state index >= 15 is 0 Å². The van der Waals surface area contributed by atoms with Gasteiger partial charge in [-0.15, -0.1) is 0 Å². The summed E-state index contributed by atoms with van der Waals surface area (Å²) in [7, 11) is -3.61. The highest BCUT2D eigenvalue weighted by Gasteiger charge is 2.46. The van der Waals surface area contributed by atoms with Crippen molar-refractivity contribution in [1.29, 1.82) is 0 Å². The number of anilines is 1. The van der Waals surface area contributed by atoms with Crippen molar-refractivity contribution < 1.29 is 27.1 Å². The first kappa shape index (κ1) is 38.8. The lowest BCUT2D eigenvalue weighted by Gasteiger charge is -2.54. The lowest BCUT2D eigenvalue weighted by atomic mass is 9.72. The van der Waals surface area contributed by atoms with Crippen molar-refractivity contribution >= 4 is 27.8 Å². The fourth-order valence-corrected chi connectivity index (χ4v) is 9.67. The maximum atomic E-state index is 14.4. The predicted molar refractivity (Wildman–Crippen MR) is 201 cm³/mol. The van der Waals surface area contributed by atoms with Crippen LogP contribution in [0, 0.1) is 11.2 Å². The van der Waals surface area contributed by atoms with Crippen LogP contribution in [0.2, 0.25) is 0 Å². The summed E-state index contributed by atoms with van der Waals surface area (Å²) < 4.78 is 50.7. The normalized spacial score (nSPS) is 20.2. The van der Waals surface area contributed by atoms with Gasteiger partial charge >= 0.3 is 0 Å². The molecular weight excluding hydrogens is 700 g/mol. The molecule has 0 unspecified atom stereocenters. The monoisotopic (exact) mass is 752 g/mol. The Morgan fingerprint density at radius 1 is 1.00 bits per heavy atom. The highest BCUT2D eigenvalue weighted by atomic mass is 32.2. The molecule has 4 aliphatic heterocycles. The second kappa shape index (κ2) is 16.2. The number of hydrogen-bond acceptors (Lipinski definition) is 9. The zero-order valence-electron chi connectivity index (χ0n) is 31.4. The van der Waals surface area contributed by atoms with Crippen LogP contribution >= 0.6 is 0 Å². The summed E-state index contributed by atoms with van der Waals surface area (Å²) in [5, 5.41) is 0. The van der Waals surface area contributed by atoms with E-state index in [2.05, 4.69) is 32.4 Å². The Bertz CT molecular complexity index is 1800. The molecule has 5 heterocycles. The summed E-state index contributed by atoms with van der Waals surface area (Å²) in [4.78, 5) is 42.4. The molecule has 2 aromatic rings. The number of nitrogens with zero attached hydrogens (tertiary/aromatic N) is 8. The zero-order valence-corrected chi connectivity index (χ0v) is 32.2. The minimum atomic E-state index is -3.61. The van der Waals surface area contributed by atoms with Crippen molar-refractivity contribution in [3.8, 4) is 11.5 Å². The molecule has 3 fully saturated rings. The average Bonchev–Trinajstić information content (AvgIpc) is 3.39. The van der Waals surface area contributed by atoms with Crippen LogP contribution in [0.1, 0.15) is 63.7 Å². The average molecular weight is 753 g/mol. The highest BCUT2D eigenvalue weighted by Crippen LogP contribution is 2.45. The summed E-state index contributed by atoms with van der Waals surface area (Å²) in [6.07, 6.45) is 9.81. The standard InChI is InChI=1S/C38H53FN8O5S/c1-6-35(48)43-14-7-15-45(21-20-43)53(50,51)46-16-10-30(11-17-46)24-42-18-12-38(13-19-42)25-44(26-38)36-34(23-40-27-41-36)52-33-9-8-31(39)22-32(33)37(49)47(28(2)3)29(4)5/h6,8-10,22-23,27-29H,1,7,11-21,24-26H2,2-5H3. The van der Waals surface area contributed by atoms with Crippen LogP contribution in [-0.4, -0.2) is 138 Å². The maximum Gasteiger partial charge on any atom is 0.282 e. The molecule has 1 aromatic carbocycles. The molecule has 288 valence electrons. The van der Waals surface area contributed by atoms with Crippen molar-refractivity contribution in [1.82, 2.24) is 33.3 Å². The summed E-state index contributed by atoms with van der Waals surface area (Å²) >= 11 is 0. The molecule has 0 aliphatic carbocycles. The van der Waals surface area contributed by atoms with E-state index in [1.165, 1.54) is 40.5 Å². The third kappa shape index (κ3) is 8.58. The van der Waals surface area contributed by atoms with Gasteiger partial charge < -0.3 is 19.4 Å². The molecule has 53 heavy (non-hydrogen) atoms. The third-order valence-corrected chi connectivity index (χ3v) is 13.0. The Morgan fingerprint density at radius 3 is 2.40 bits per heavy atom. The molecular formula is C38H53FN8O5S. The minimum absolute atomic E-state index is 0.0774. The molecule has 2 amide bonds. The number of aromatic nitrogens is 2. The topological polar surface area (TPSA) is 123 Å². The summed E-state index contributed by atoms with van der Waals surface area (Å²) in [5.41, 5.74) is 1.59. The quantitative estimate of drug-likeness (QED) is 0.246. The van der Waals surface area contributed by atoms with Gasteiger partial charge in [-0.1, -0.05) is 18.2 Å².